The third kappa shape index (κ3) is 57.5. The van der Waals surface area contributed by atoms with Gasteiger partial charge in [0.05, 0.1) is 0 Å². The van der Waals surface area contributed by atoms with E-state index in [1.165, 1.54) is 148 Å². The zero-order valence-corrected chi connectivity index (χ0v) is 47.4. The van der Waals surface area contributed by atoms with Gasteiger partial charge in [0.15, 0.2) is 6.10 Å². The lowest BCUT2D eigenvalue weighted by Gasteiger charge is -2.18. The lowest BCUT2D eigenvalue weighted by Crippen LogP contribution is -2.30. The average Bonchev–Trinajstić information content (AvgIpc) is 3.38. The molecule has 0 heterocycles. The summed E-state index contributed by atoms with van der Waals surface area (Å²) in [6.45, 7) is 6.52. The molecule has 72 heavy (non-hydrogen) atoms. The van der Waals surface area contributed by atoms with Crippen molar-refractivity contribution in [2.45, 2.75) is 303 Å². The molecular weight excluding hydrogens is 889 g/mol. The highest BCUT2D eigenvalue weighted by Crippen LogP contribution is 2.16. The first-order chi connectivity index (χ1) is 35.5. The minimum absolute atomic E-state index is 0.0806. The summed E-state index contributed by atoms with van der Waals surface area (Å²) in [4.78, 5) is 38.2. The number of ether oxygens (including phenoxy) is 3. The molecule has 0 aliphatic heterocycles. The van der Waals surface area contributed by atoms with Crippen LogP contribution in [0.3, 0.4) is 0 Å². The Labute approximate surface area is 445 Å². The van der Waals surface area contributed by atoms with Crippen molar-refractivity contribution in [3.8, 4) is 0 Å². The zero-order valence-electron chi connectivity index (χ0n) is 47.4. The van der Waals surface area contributed by atoms with Gasteiger partial charge in [-0.3, -0.25) is 14.4 Å². The van der Waals surface area contributed by atoms with E-state index in [1.807, 2.05) is 0 Å². The van der Waals surface area contributed by atoms with Gasteiger partial charge in [-0.05, 0) is 96.3 Å². The van der Waals surface area contributed by atoms with Crippen LogP contribution in [0, 0.1) is 0 Å². The van der Waals surface area contributed by atoms with Crippen molar-refractivity contribution in [1.29, 1.82) is 0 Å². The van der Waals surface area contributed by atoms with Gasteiger partial charge in [-0.15, -0.1) is 0 Å². The number of allylic oxidation sites excluding steroid dienone is 14. The molecule has 1 unspecified atom stereocenters. The molecule has 0 bridgehead atoms. The van der Waals surface area contributed by atoms with Crippen molar-refractivity contribution < 1.29 is 28.6 Å². The van der Waals surface area contributed by atoms with Crippen molar-refractivity contribution in [3.05, 3.63) is 85.1 Å². The van der Waals surface area contributed by atoms with Crippen LogP contribution in [0.2, 0.25) is 0 Å². The summed E-state index contributed by atoms with van der Waals surface area (Å²) in [5, 5.41) is 0. The topological polar surface area (TPSA) is 78.9 Å². The zero-order chi connectivity index (χ0) is 52.2. The Bertz CT molecular complexity index is 1380. The molecule has 0 saturated carbocycles. The van der Waals surface area contributed by atoms with Crippen molar-refractivity contribution >= 4 is 17.9 Å². The Balaban J connectivity index is 4.29. The van der Waals surface area contributed by atoms with E-state index in [1.54, 1.807) is 0 Å². The number of hydrogen-bond acceptors (Lipinski definition) is 6. The lowest BCUT2D eigenvalue weighted by atomic mass is 10.0. The fourth-order valence-corrected chi connectivity index (χ4v) is 8.56. The van der Waals surface area contributed by atoms with Gasteiger partial charge in [0.1, 0.15) is 13.2 Å². The van der Waals surface area contributed by atoms with E-state index >= 15 is 0 Å². The normalized spacial score (nSPS) is 12.7. The lowest BCUT2D eigenvalue weighted by molar-refractivity contribution is -0.167. The van der Waals surface area contributed by atoms with Gasteiger partial charge in [-0.25, -0.2) is 0 Å². The highest BCUT2D eigenvalue weighted by atomic mass is 16.6. The maximum absolute atomic E-state index is 12.9. The van der Waals surface area contributed by atoms with Crippen LogP contribution in [0.1, 0.15) is 297 Å². The molecule has 6 heteroatoms. The van der Waals surface area contributed by atoms with Crippen molar-refractivity contribution in [2.24, 2.45) is 0 Å². The second-order valence-electron chi connectivity index (χ2n) is 20.2. The molecule has 0 spiro atoms. The molecular formula is C66H114O6. The van der Waals surface area contributed by atoms with E-state index in [2.05, 4.69) is 106 Å². The maximum atomic E-state index is 12.9. The van der Waals surface area contributed by atoms with Gasteiger partial charge in [0.2, 0.25) is 0 Å². The van der Waals surface area contributed by atoms with Crippen LogP contribution in [-0.2, 0) is 28.6 Å². The second-order valence-corrected chi connectivity index (χ2v) is 20.2. The summed E-state index contributed by atoms with van der Waals surface area (Å²) in [6, 6.07) is 0. The van der Waals surface area contributed by atoms with E-state index in [9.17, 15) is 14.4 Å². The smallest absolute Gasteiger partial charge is 0.306 e. The summed E-state index contributed by atoms with van der Waals surface area (Å²) in [5.74, 6) is -0.887. The van der Waals surface area contributed by atoms with Gasteiger partial charge >= 0.3 is 17.9 Å². The number of unbranched alkanes of at least 4 members (excludes halogenated alkanes) is 30. The minimum Gasteiger partial charge on any atom is -0.462 e. The predicted molar refractivity (Wildman–Crippen MR) is 311 cm³/mol. The van der Waals surface area contributed by atoms with Crippen LogP contribution >= 0.6 is 0 Å². The van der Waals surface area contributed by atoms with Crippen LogP contribution in [0.15, 0.2) is 85.1 Å². The SMILES string of the molecule is CC/C=C\C/C=C\C/C=C\C/C=C\C/C=C\C/C=C\CCCCCCCCCCC(=O)OCC(COC(=O)CCCCCCC/C=C\CCCCCC)OC(=O)CCCCCCCCCCCCCCCC. The highest BCUT2D eigenvalue weighted by molar-refractivity contribution is 5.71. The minimum atomic E-state index is -0.781. The van der Waals surface area contributed by atoms with E-state index < -0.39 is 6.10 Å². The summed E-state index contributed by atoms with van der Waals surface area (Å²) in [6.07, 6.45) is 78.6. The first-order valence-electron chi connectivity index (χ1n) is 30.6. The predicted octanol–water partition coefficient (Wildman–Crippen LogP) is 20.7. The fraction of sp³-hybridized carbons (Fsp3) is 0.742. The third-order valence-corrected chi connectivity index (χ3v) is 13.1. The Morgan fingerprint density at radius 2 is 0.542 bits per heavy atom. The second kappa shape index (κ2) is 60.1. The van der Waals surface area contributed by atoms with Crippen LogP contribution in [0.4, 0.5) is 0 Å². The van der Waals surface area contributed by atoms with Gasteiger partial charge in [0, 0.05) is 19.3 Å². The summed E-state index contributed by atoms with van der Waals surface area (Å²) in [5.41, 5.74) is 0. The van der Waals surface area contributed by atoms with Crippen LogP contribution in [-0.4, -0.2) is 37.2 Å². The third-order valence-electron chi connectivity index (χ3n) is 13.1. The number of hydrogen-bond donors (Lipinski definition) is 0. The maximum Gasteiger partial charge on any atom is 0.306 e. The fourth-order valence-electron chi connectivity index (χ4n) is 8.56. The van der Waals surface area contributed by atoms with E-state index in [0.29, 0.717) is 19.3 Å². The van der Waals surface area contributed by atoms with Crippen LogP contribution < -0.4 is 0 Å². The Morgan fingerprint density at radius 3 is 0.875 bits per heavy atom. The Kier molecular flexibility index (Phi) is 57.3. The molecule has 0 aliphatic rings. The molecule has 0 aromatic carbocycles. The quantitative estimate of drug-likeness (QED) is 0.0261. The molecule has 0 radical (unpaired) electrons. The summed E-state index contributed by atoms with van der Waals surface area (Å²) >= 11 is 0. The molecule has 6 nitrogen and oxygen atoms in total. The van der Waals surface area contributed by atoms with E-state index in [-0.39, 0.29) is 31.1 Å². The van der Waals surface area contributed by atoms with Crippen molar-refractivity contribution in [1.82, 2.24) is 0 Å². The average molecular weight is 1000 g/mol. The Morgan fingerprint density at radius 1 is 0.292 bits per heavy atom. The molecule has 1 atom stereocenters. The largest absolute Gasteiger partial charge is 0.462 e. The van der Waals surface area contributed by atoms with Gasteiger partial charge in [-0.1, -0.05) is 266 Å². The molecule has 414 valence electrons. The molecule has 0 N–H and O–H groups in total. The first-order valence-corrected chi connectivity index (χ1v) is 30.6. The number of carbonyl (C=O) groups excluding carboxylic acids is 3. The molecule has 0 aliphatic carbocycles. The number of carbonyl (C=O) groups is 3. The van der Waals surface area contributed by atoms with Crippen molar-refractivity contribution in [3.63, 3.8) is 0 Å². The number of esters is 3. The molecule has 0 rings (SSSR count). The molecule has 0 amide bonds. The van der Waals surface area contributed by atoms with Gasteiger partial charge in [0.25, 0.3) is 0 Å². The summed E-state index contributed by atoms with van der Waals surface area (Å²) in [7, 11) is 0. The van der Waals surface area contributed by atoms with Crippen LogP contribution in [0.25, 0.3) is 0 Å². The van der Waals surface area contributed by atoms with Crippen LogP contribution in [0.5, 0.6) is 0 Å². The first kappa shape index (κ1) is 68.6. The van der Waals surface area contributed by atoms with Crippen molar-refractivity contribution in [2.75, 3.05) is 13.2 Å². The molecule has 0 fully saturated rings. The monoisotopic (exact) mass is 1000 g/mol. The molecule has 0 saturated heterocycles. The summed E-state index contributed by atoms with van der Waals surface area (Å²) < 4.78 is 16.9. The van der Waals surface area contributed by atoms with E-state index in [0.717, 1.165) is 109 Å². The molecule has 0 aromatic rings. The standard InChI is InChI=1S/C66H114O6/c1-4-7-10-13-16-19-22-25-27-28-29-30-31-32-33-34-35-36-37-38-39-42-44-47-50-53-56-59-65(68)71-62-63(61-70-64(67)58-55-52-49-46-43-40-24-21-18-15-12-9-6-3)72-66(69)60-57-54-51-48-45-41-26-23-20-17-14-11-8-5-2/h7,10,16,19,21,24-25,27,29-30,32-33,35-36,63H,4-6,8-9,11-15,17-18,20,22-23,26,28,31,34,37-62H2,1-3H3/b10-7-,19-16-,24-21-,27-25-,30-29-,33-32-,36-35-. The van der Waals surface area contributed by atoms with Gasteiger partial charge < -0.3 is 14.2 Å². The number of rotatable bonds is 55. The molecule has 0 aromatic heterocycles. The Hall–Kier alpha value is -3.41. The highest BCUT2D eigenvalue weighted by Gasteiger charge is 2.19. The van der Waals surface area contributed by atoms with Gasteiger partial charge in [-0.2, -0.15) is 0 Å². The van der Waals surface area contributed by atoms with E-state index in [4.69, 9.17) is 14.2 Å².